The lowest BCUT2D eigenvalue weighted by Gasteiger charge is -2.28. The third-order valence-electron chi connectivity index (χ3n) is 3.15. The van der Waals surface area contributed by atoms with E-state index in [0.29, 0.717) is 0 Å². The first-order valence-electron chi connectivity index (χ1n) is 6.11. The van der Waals surface area contributed by atoms with E-state index in [4.69, 9.17) is 4.74 Å². The maximum atomic E-state index is 13.0. The van der Waals surface area contributed by atoms with E-state index < -0.39 is 8.07 Å². The maximum absolute atomic E-state index is 13.0. The van der Waals surface area contributed by atoms with E-state index in [-0.39, 0.29) is 5.82 Å². The normalized spacial score (nSPS) is 16.8. The molecule has 0 aliphatic carbocycles. The van der Waals surface area contributed by atoms with Crippen molar-refractivity contribution in [3.05, 3.63) is 34.6 Å². The Hall–Kier alpha value is -1.14. The summed E-state index contributed by atoms with van der Waals surface area (Å²) >= 11 is 3.54. The van der Waals surface area contributed by atoms with Crippen molar-refractivity contribution < 1.29 is 9.13 Å². The minimum Gasteiger partial charge on any atom is -0.481 e. The fourth-order valence-electron chi connectivity index (χ4n) is 2.18. The van der Waals surface area contributed by atoms with Gasteiger partial charge in [0, 0.05) is 11.7 Å². The number of benzene rings is 1. The molecular formula is C13H14BrFN2OSi. The van der Waals surface area contributed by atoms with Crippen LogP contribution in [0.2, 0.25) is 13.1 Å². The molecule has 0 atom stereocenters. The number of ether oxygens (including phenoxy) is 1. The first-order chi connectivity index (χ1) is 8.96. The Kier molecular flexibility index (Phi) is 3.02. The van der Waals surface area contributed by atoms with Crippen LogP contribution in [0.15, 0.2) is 28.7 Å². The van der Waals surface area contributed by atoms with Crippen LogP contribution >= 0.6 is 15.9 Å². The lowest BCUT2D eigenvalue weighted by molar-refractivity contribution is 0.315. The Labute approximate surface area is 120 Å². The predicted octanol–water partition coefficient (Wildman–Crippen LogP) is 3.63. The third kappa shape index (κ3) is 2.34. The molecule has 100 valence electrons. The highest BCUT2D eigenvalue weighted by atomic mass is 79.9. The molecule has 2 aromatic rings. The molecular weight excluding hydrogens is 327 g/mol. The van der Waals surface area contributed by atoms with Gasteiger partial charge in [-0.1, -0.05) is 13.1 Å². The fraction of sp³-hybridized carbons (Fsp3) is 0.308. The van der Waals surface area contributed by atoms with Crippen molar-refractivity contribution in [2.45, 2.75) is 19.3 Å². The van der Waals surface area contributed by atoms with Crippen LogP contribution in [0.5, 0.6) is 5.88 Å². The summed E-state index contributed by atoms with van der Waals surface area (Å²) in [5.41, 5.74) is 1.69. The summed E-state index contributed by atoms with van der Waals surface area (Å²) in [6, 6.07) is 6.35. The molecule has 0 spiro atoms. The van der Waals surface area contributed by atoms with E-state index in [1.807, 2.05) is 4.68 Å². The van der Waals surface area contributed by atoms with Crippen LogP contribution in [-0.4, -0.2) is 24.1 Å². The van der Waals surface area contributed by atoms with Gasteiger partial charge in [0.2, 0.25) is 5.88 Å². The van der Waals surface area contributed by atoms with Crippen molar-refractivity contribution in [2.75, 3.05) is 6.23 Å². The van der Waals surface area contributed by atoms with Gasteiger partial charge in [-0.05, 0) is 40.2 Å². The van der Waals surface area contributed by atoms with E-state index in [1.54, 1.807) is 12.1 Å². The zero-order valence-corrected chi connectivity index (χ0v) is 13.4. The largest absolute Gasteiger partial charge is 0.481 e. The minimum absolute atomic E-state index is 0.242. The number of hydrogen-bond acceptors (Lipinski definition) is 2. The first kappa shape index (κ1) is 12.9. The number of fused-ring (bicyclic) bond motifs is 1. The van der Waals surface area contributed by atoms with Gasteiger partial charge in [-0.15, -0.1) is 0 Å². The second-order valence-electron chi connectivity index (χ2n) is 5.59. The van der Waals surface area contributed by atoms with Gasteiger partial charge >= 0.3 is 0 Å². The van der Waals surface area contributed by atoms with Crippen molar-refractivity contribution in [3.8, 4) is 17.1 Å². The first-order valence-corrected chi connectivity index (χ1v) is 10.3. The van der Waals surface area contributed by atoms with E-state index in [0.717, 1.165) is 34.0 Å². The number of halogens is 2. The summed E-state index contributed by atoms with van der Waals surface area (Å²) in [6.07, 6.45) is 1.75. The fourth-order valence-corrected chi connectivity index (χ4v) is 4.45. The molecule has 6 heteroatoms. The number of rotatable bonds is 1. The minimum atomic E-state index is -1.36. The van der Waals surface area contributed by atoms with Crippen molar-refractivity contribution in [1.29, 1.82) is 0 Å². The molecule has 19 heavy (non-hydrogen) atoms. The highest BCUT2D eigenvalue weighted by Gasteiger charge is 2.32. The molecule has 0 fully saturated rings. The SMILES string of the molecule is C[Si]1(C)COc2c(Br)c(-c3ccc(F)cc3)nn2C1. The molecule has 1 aromatic carbocycles. The van der Waals surface area contributed by atoms with Crippen LogP contribution < -0.4 is 4.74 Å². The Morgan fingerprint density at radius 1 is 1.32 bits per heavy atom. The average molecular weight is 341 g/mol. The van der Waals surface area contributed by atoms with Crippen LogP contribution in [0.1, 0.15) is 0 Å². The van der Waals surface area contributed by atoms with Crippen molar-refractivity contribution in [2.24, 2.45) is 0 Å². The Bertz CT molecular complexity index is 624. The highest BCUT2D eigenvalue weighted by Crippen LogP contribution is 2.38. The number of aromatic nitrogens is 2. The second kappa shape index (κ2) is 4.45. The highest BCUT2D eigenvalue weighted by molar-refractivity contribution is 9.10. The van der Waals surface area contributed by atoms with Crippen LogP contribution in [-0.2, 0) is 6.17 Å². The summed E-state index contributed by atoms with van der Waals surface area (Å²) in [5, 5.41) is 4.60. The van der Waals surface area contributed by atoms with Gasteiger partial charge in [0.15, 0.2) is 0 Å². The van der Waals surface area contributed by atoms with Crippen LogP contribution in [0.4, 0.5) is 4.39 Å². The van der Waals surface area contributed by atoms with Crippen LogP contribution in [0, 0.1) is 5.82 Å². The lowest BCUT2D eigenvalue weighted by atomic mass is 10.1. The molecule has 0 amide bonds. The molecule has 1 aliphatic heterocycles. The monoisotopic (exact) mass is 340 g/mol. The van der Waals surface area contributed by atoms with Crippen molar-refractivity contribution in [1.82, 2.24) is 9.78 Å². The average Bonchev–Trinajstić information content (AvgIpc) is 2.65. The molecule has 0 saturated heterocycles. The van der Waals surface area contributed by atoms with Gasteiger partial charge in [-0.2, -0.15) is 5.10 Å². The van der Waals surface area contributed by atoms with Crippen molar-refractivity contribution in [3.63, 3.8) is 0 Å². The van der Waals surface area contributed by atoms with Gasteiger partial charge in [-0.25, -0.2) is 9.07 Å². The molecule has 0 bridgehead atoms. The predicted molar refractivity (Wildman–Crippen MR) is 78.3 cm³/mol. The Morgan fingerprint density at radius 2 is 2.00 bits per heavy atom. The summed E-state index contributed by atoms with van der Waals surface area (Å²) in [6.45, 7) is 4.56. The van der Waals surface area contributed by atoms with Gasteiger partial charge in [0.1, 0.15) is 24.1 Å². The molecule has 0 saturated carbocycles. The topological polar surface area (TPSA) is 27.1 Å². The number of hydrogen-bond donors (Lipinski definition) is 0. The van der Waals surface area contributed by atoms with Gasteiger partial charge in [-0.3, -0.25) is 0 Å². The Morgan fingerprint density at radius 3 is 2.68 bits per heavy atom. The standard InChI is InChI=1S/C13H14BrFN2OSi/c1-19(2)7-17-13(18-8-19)11(14)12(16-17)9-3-5-10(15)6-4-9/h3-6H,7-8H2,1-2H3. The molecule has 0 radical (unpaired) electrons. The summed E-state index contributed by atoms with van der Waals surface area (Å²) < 4.78 is 21.6. The number of nitrogens with zero attached hydrogens (tertiary/aromatic N) is 2. The molecule has 3 rings (SSSR count). The zero-order chi connectivity index (χ0) is 13.6. The van der Waals surface area contributed by atoms with Gasteiger partial charge in [0.25, 0.3) is 0 Å². The lowest BCUT2D eigenvalue weighted by Crippen LogP contribution is -2.44. The maximum Gasteiger partial charge on any atom is 0.226 e. The van der Waals surface area contributed by atoms with E-state index in [2.05, 4.69) is 34.1 Å². The van der Waals surface area contributed by atoms with Crippen LogP contribution in [0.25, 0.3) is 11.3 Å². The van der Waals surface area contributed by atoms with Gasteiger partial charge < -0.3 is 4.74 Å². The smallest absolute Gasteiger partial charge is 0.226 e. The second-order valence-corrected chi connectivity index (χ2v) is 11.3. The molecule has 1 aliphatic rings. The third-order valence-corrected chi connectivity index (χ3v) is 5.94. The van der Waals surface area contributed by atoms with E-state index in [9.17, 15) is 4.39 Å². The van der Waals surface area contributed by atoms with E-state index >= 15 is 0 Å². The van der Waals surface area contributed by atoms with Gasteiger partial charge in [0.05, 0.1) is 6.23 Å². The molecule has 0 N–H and O–H groups in total. The van der Waals surface area contributed by atoms with E-state index in [1.165, 1.54) is 12.1 Å². The molecule has 0 unspecified atom stereocenters. The Balaban J connectivity index is 2.05. The molecule has 3 nitrogen and oxygen atoms in total. The summed E-state index contributed by atoms with van der Waals surface area (Å²) in [4.78, 5) is 0. The summed E-state index contributed by atoms with van der Waals surface area (Å²) in [5.74, 6) is 0.541. The quantitative estimate of drug-likeness (QED) is 0.741. The van der Waals surface area contributed by atoms with Crippen molar-refractivity contribution >= 4 is 24.0 Å². The zero-order valence-electron chi connectivity index (χ0n) is 10.8. The summed E-state index contributed by atoms with van der Waals surface area (Å²) in [7, 11) is -1.36. The molecule has 1 aromatic heterocycles. The van der Waals surface area contributed by atoms with Crippen LogP contribution in [0.3, 0.4) is 0 Å². The molecule has 2 heterocycles.